The molecule has 1 heterocycles. The maximum absolute atomic E-state index is 11.8. The predicted molar refractivity (Wildman–Crippen MR) is 69.7 cm³/mol. The van der Waals surface area contributed by atoms with Gasteiger partial charge in [0.15, 0.2) is 0 Å². The summed E-state index contributed by atoms with van der Waals surface area (Å²) in [5, 5.41) is 10.5. The number of rotatable bonds is 4. The number of amides is 1. The fourth-order valence-corrected chi connectivity index (χ4v) is 1.96. The molecule has 1 aromatic carbocycles. The minimum Gasteiger partial charge on any atom is -0.446 e. The Morgan fingerprint density at radius 3 is 2.68 bits per heavy atom. The molecule has 1 saturated heterocycles. The van der Waals surface area contributed by atoms with E-state index < -0.39 is 12.1 Å². The summed E-state index contributed by atoms with van der Waals surface area (Å²) in [5.41, 5.74) is 3.95. The average Bonchev–Trinajstić information content (AvgIpc) is 2.78. The minimum atomic E-state index is -0.435. The molecular weight excluding hydrogens is 242 g/mol. The standard InChI is InChI=1S/C14H17N3O2/c1-10(2)12(8-15)16-17-13(9-19-14(17)18)11-6-4-3-5-7-11/h3-7,10,12-13,16H,9H2,1-2H3/t12-,13-/m1/s1. The van der Waals surface area contributed by atoms with Crippen molar-refractivity contribution in [1.29, 1.82) is 5.26 Å². The van der Waals surface area contributed by atoms with Crippen molar-refractivity contribution in [3.05, 3.63) is 35.9 Å². The Hall–Kier alpha value is -2.06. The lowest BCUT2D eigenvalue weighted by molar-refractivity contribution is 0.131. The Bertz CT molecular complexity index is 481. The van der Waals surface area contributed by atoms with Gasteiger partial charge < -0.3 is 4.74 Å². The number of nitrogens with one attached hydrogen (secondary N) is 1. The Morgan fingerprint density at radius 1 is 1.42 bits per heavy atom. The Balaban J connectivity index is 2.17. The number of hydrogen-bond donors (Lipinski definition) is 1. The van der Waals surface area contributed by atoms with Crippen LogP contribution in [0.3, 0.4) is 0 Å². The largest absolute Gasteiger partial charge is 0.446 e. The second kappa shape index (κ2) is 5.72. The van der Waals surface area contributed by atoms with E-state index in [0.717, 1.165) is 5.56 Å². The fourth-order valence-electron chi connectivity index (χ4n) is 1.96. The molecule has 1 aliphatic heterocycles. The number of carbonyl (C=O) groups is 1. The quantitative estimate of drug-likeness (QED) is 0.900. The number of carbonyl (C=O) groups excluding carboxylic acids is 1. The number of benzene rings is 1. The first kappa shape index (κ1) is 13.4. The van der Waals surface area contributed by atoms with Gasteiger partial charge in [-0.15, -0.1) is 0 Å². The molecule has 5 heteroatoms. The van der Waals surface area contributed by atoms with Crippen LogP contribution in [-0.2, 0) is 4.74 Å². The van der Waals surface area contributed by atoms with Crippen LogP contribution < -0.4 is 5.43 Å². The van der Waals surface area contributed by atoms with Gasteiger partial charge >= 0.3 is 6.09 Å². The molecule has 0 aliphatic carbocycles. The SMILES string of the molecule is CC(C)[C@@H](C#N)NN1C(=O)OC[C@@H]1c1ccccc1. The van der Waals surface area contributed by atoms with Crippen LogP contribution in [0.25, 0.3) is 0 Å². The number of cyclic esters (lactones) is 1. The Labute approximate surface area is 112 Å². The fraction of sp³-hybridized carbons (Fsp3) is 0.429. The van der Waals surface area contributed by atoms with Gasteiger partial charge in [-0.25, -0.2) is 15.2 Å². The summed E-state index contributed by atoms with van der Waals surface area (Å²) in [6, 6.07) is 11.2. The molecule has 0 spiro atoms. The Kier molecular flexibility index (Phi) is 4.03. The van der Waals surface area contributed by atoms with Gasteiger partial charge in [0.2, 0.25) is 0 Å². The highest BCUT2D eigenvalue weighted by Gasteiger charge is 2.36. The number of ether oxygens (including phenoxy) is 1. The molecular formula is C14H17N3O2. The van der Waals surface area contributed by atoms with Crippen molar-refractivity contribution in [3.8, 4) is 6.07 Å². The van der Waals surface area contributed by atoms with Gasteiger partial charge in [-0.2, -0.15) is 5.26 Å². The number of nitrogens with zero attached hydrogens (tertiary/aromatic N) is 2. The van der Waals surface area contributed by atoms with E-state index in [1.165, 1.54) is 5.01 Å². The van der Waals surface area contributed by atoms with Gasteiger partial charge in [0.25, 0.3) is 0 Å². The normalized spacial score (nSPS) is 20.2. The van der Waals surface area contributed by atoms with E-state index in [4.69, 9.17) is 10.00 Å². The van der Waals surface area contributed by atoms with Crippen molar-refractivity contribution in [2.75, 3.05) is 6.61 Å². The van der Waals surface area contributed by atoms with E-state index >= 15 is 0 Å². The molecule has 0 saturated carbocycles. The van der Waals surface area contributed by atoms with Gasteiger partial charge in [-0.3, -0.25) is 0 Å². The van der Waals surface area contributed by atoms with E-state index in [1.807, 2.05) is 44.2 Å². The summed E-state index contributed by atoms with van der Waals surface area (Å²) >= 11 is 0. The summed E-state index contributed by atoms with van der Waals surface area (Å²) in [6.07, 6.45) is -0.435. The lowest BCUT2D eigenvalue weighted by atomic mass is 10.1. The van der Waals surface area contributed by atoms with Crippen LogP contribution in [-0.4, -0.2) is 23.8 Å². The Morgan fingerprint density at radius 2 is 2.11 bits per heavy atom. The van der Waals surface area contributed by atoms with E-state index in [9.17, 15) is 4.79 Å². The number of nitriles is 1. The molecule has 0 aromatic heterocycles. The van der Waals surface area contributed by atoms with E-state index in [1.54, 1.807) is 0 Å². The van der Waals surface area contributed by atoms with Crippen LogP contribution in [0.4, 0.5) is 4.79 Å². The first-order chi connectivity index (χ1) is 9.13. The zero-order valence-corrected chi connectivity index (χ0v) is 11.0. The smallest absolute Gasteiger partial charge is 0.425 e. The maximum Gasteiger partial charge on any atom is 0.425 e. The highest BCUT2D eigenvalue weighted by atomic mass is 16.6. The van der Waals surface area contributed by atoms with E-state index in [-0.39, 0.29) is 12.0 Å². The van der Waals surface area contributed by atoms with E-state index in [0.29, 0.717) is 6.61 Å². The van der Waals surface area contributed by atoms with Crippen molar-refractivity contribution < 1.29 is 9.53 Å². The number of hydrogen-bond acceptors (Lipinski definition) is 4. The molecule has 0 unspecified atom stereocenters. The summed E-state index contributed by atoms with van der Waals surface area (Å²) in [6.45, 7) is 4.16. The molecule has 19 heavy (non-hydrogen) atoms. The third-order valence-electron chi connectivity index (χ3n) is 3.14. The van der Waals surface area contributed by atoms with Crippen molar-refractivity contribution in [1.82, 2.24) is 10.4 Å². The van der Waals surface area contributed by atoms with Gasteiger partial charge in [0.1, 0.15) is 18.7 Å². The summed E-state index contributed by atoms with van der Waals surface area (Å²) in [7, 11) is 0. The summed E-state index contributed by atoms with van der Waals surface area (Å²) in [4.78, 5) is 11.8. The summed E-state index contributed by atoms with van der Waals surface area (Å²) < 4.78 is 5.07. The van der Waals surface area contributed by atoms with Gasteiger partial charge in [0, 0.05) is 0 Å². The lowest BCUT2D eigenvalue weighted by Crippen LogP contribution is -2.48. The van der Waals surface area contributed by atoms with Crippen LogP contribution in [0.15, 0.2) is 30.3 Å². The second-order valence-electron chi connectivity index (χ2n) is 4.85. The second-order valence-corrected chi connectivity index (χ2v) is 4.85. The molecule has 2 atom stereocenters. The topological polar surface area (TPSA) is 65.4 Å². The van der Waals surface area contributed by atoms with Crippen LogP contribution in [0, 0.1) is 17.2 Å². The molecule has 100 valence electrons. The molecule has 2 rings (SSSR count). The minimum absolute atomic E-state index is 0.106. The molecule has 5 nitrogen and oxygen atoms in total. The lowest BCUT2D eigenvalue weighted by Gasteiger charge is -2.26. The maximum atomic E-state index is 11.8. The monoisotopic (exact) mass is 259 g/mol. The molecule has 0 radical (unpaired) electrons. The van der Waals surface area contributed by atoms with Crippen molar-refractivity contribution in [2.45, 2.75) is 25.9 Å². The highest BCUT2D eigenvalue weighted by Crippen LogP contribution is 2.26. The molecule has 1 amide bonds. The number of hydrazine groups is 1. The van der Waals surface area contributed by atoms with Crippen LogP contribution in [0.1, 0.15) is 25.5 Å². The predicted octanol–water partition coefficient (Wildman–Crippen LogP) is 2.23. The first-order valence-electron chi connectivity index (χ1n) is 6.30. The van der Waals surface area contributed by atoms with Crippen LogP contribution in [0.5, 0.6) is 0 Å². The molecule has 1 aliphatic rings. The zero-order valence-electron chi connectivity index (χ0n) is 11.0. The average molecular weight is 259 g/mol. The van der Waals surface area contributed by atoms with Gasteiger partial charge in [-0.05, 0) is 11.5 Å². The third-order valence-corrected chi connectivity index (χ3v) is 3.14. The molecule has 1 N–H and O–H groups in total. The zero-order chi connectivity index (χ0) is 13.8. The molecule has 0 bridgehead atoms. The molecule has 1 fully saturated rings. The third kappa shape index (κ3) is 2.85. The highest BCUT2D eigenvalue weighted by molar-refractivity contribution is 5.70. The van der Waals surface area contributed by atoms with E-state index in [2.05, 4.69) is 11.5 Å². The van der Waals surface area contributed by atoms with Crippen LogP contribution >= 0.6 is 0 Å². The first-order valence-corrected chi connectivity index (χ1v) is 6.30. The van der Waals surface area contributed by atoms with Gasteiger partial charge in [0.05, 0.1) is 6.07 Å². The summed E-state index contributed by atoms with van der Waals surface area (Å²) in [5.74, 6) is 0.106. The van der Waals surface area contributed by atoms with Crippen molar-refractivity contribution in [2.24, 2.45) is 5.92 Å². The van der Waals surface area contributed by atoms with Crippen LogP contribution in [0.2, 0.25) is 0 Å². The van der Waals surface area contributed by atoms with Gasteiger partial charge in [-0.1, -0.05) is 44.2 Å². The van der Waals surface area contributed by atoms with Crippen molar-refractivity contribution >= 4 is 6.09 Å². The molecule has 1 aromatic rings. The van der Waals surface area contributed by atoms with Crippen molar-refractivity contribution in [3.63, 3.8) is 0 Å².